The van der Waals surface area contributed by atoms with Gasteiger partial charge in [-0.15, -0.1) is 0 Å². The van der Waals surface area contributed by atoms with Crippen LogP contribution in [0.1, 0.15) is 40.6 Å². The molecule has 3 aromatic rings. The van der Waals surface area contributed by atoms with E-state index in [9.17, 15) is 16.8 Å². The van der Waals surface area contributed by atoms with Crippen LogP contribution in [-0.4, -0.2) is 23.1 Å². The van der Waals surface area contributed by atoms with Crippen LogP contribution < -0.4 is 10.0 Å². The van der Waals surface area contributed by atoms with Gasteiger partial charge in [0.05, 0.1) is 16.0 Å². The molecule has 0 amide bonds. The zero-order chi connectivity index (χ0) is 25.8. The number of sulfone groups is 1. The van der Waals surface area contributed by atoms with Gasteiger partial charge >= 0.3 is 0 Å². The molecule has 3 atom stereocenters. The number of rotatable bonds is 5. The van der Waals surface area contributed by atoms with Crippen molar-refractivity contribution >= 4 is 42.8 Å². The van der Waals surface area contributed by atoms with Crippen LogP contribution in [0.4, 0.5) is 11.4 Å². The molecule has 0 spiro atoms. The topological polar surface area (TPSA) is 92.3 Å². The molecular formula is C27H27ClN2O4S2. The van der Waals surface area contributed by atoms with E-state index >= 15 is 0 Å². The van der Waals surface area contributed by atoms with Crippen molar-refractivity contribution in [2.45, 2.75) is 42.0 Å². The Hall–Kier alpha value is -2.81. The van der Waals surface area contributed by atoms with Gasteiger partial charge in [0.2, 0.25) is 0 Å². The van der Waals surface area contributed by atoms with Crippen LogP contribution in [0.25, 0.3) is 0 Å². The smallest absolute Gasteiger partial charge is 0.263 e. The number of nitrogens with one attached hydrogen (secondary N) is 2. The first-order chi connectivity index (χ1) is 17.0. The van der Waals surface area contributed by atoms with Gasteiger partial charge in [-0.1, -0.05) is 42.0 Å². The lowest BCUT2D eigenvalue weighted by Gasteiger charge is -2.38. The van der Waals surface area contributed by atoms with Crippen molar-refractivity contribution in [2.24, 2.45) is 5.92 Å². The van der Waals surface area contributed by atoms with Crippen molar-refractivity contribution in [3.05, 3.63) is 94.0 Å². The molecule has 1 aliphatic carbocycles. The summed E-state index contributed by atoms with van der Waals surface area (Å²) in [6, 6.07) is 15.6. The highest BCUT2D eigenvalue weighted by Crippen LogP contribution is 2.53. The average Bonchev–Trinajstić information content (AvgIpc) is 3.30. The molecular weight excluding hydrogens is 516 g/mol. The summed E-state index contributed by atoms with van der Waals surface area (Å²) in [6.45, 7) is 3.90. The van der Waals surface area contributed by atoms with Crippen LogP contribution in [0.2, 0.25) is 5.02 Å². The van der Waals surface area contributed by atoms with Gasteiger partial charge in [-0.2, -0.15) is 0 Å². The maximum absolute atomic E-state index is 13.3. The van der Waals surface area contributed by atoms with Crippen LogP contribution in [-0.2, 0) is 19.9 Å². The number of aryl methyl sites for hydroxylation is 2. The fourth-order valence-corrected chi connectivity index (χ4v) is 7.47. The molecule has 2 N–H and O–H groups in total. The minimum Gasteiger partial charge on any atom is -0.378 e. The van der Waals surface area contributed by atoms with E-state index in [1.807, 2.05) is 32.0 Å². The van der Waals surface area contributed by atoms with Crippen LogP contribution in [0, 0.1) is 19.8 Å². The Bertz CT molecular complexity index is 1600. The molecule has 0 fully saturated rings. The molecule has 0 unspecified atom stereocenters. The van der Waals surface area contributed by atoms with Crippen molar-refractivity contribution < 1.29 is 16.8 Å². The van der Waals surface area contributed by atoms with E-state index in [-0.39, 0.29) is 32.7 Å². The molecule has 0 radical (unpaired) electrons. The van der Waals surface area contributed by atoms with E-state index in [1.54, 1.807) is 30.3 Å². The van der Waals surface area contributed by atoms with Gasteiger partial charge in [-0.3, -0.25) is 4.72 Å². The van der Waals surface area contributed by atoms with Crippen LogP contribution in [0.3, 0.4) is 0 Å². The molecule has 5 rings (SSSR count). The normalized spacial score (nSPS) is 20.9. The van der Waals surface area contributed by atoms with E-state index in [4.69, 9.17) is 11.6 Å². The van der Waals surface area contributed by atoms with Gasteiger partial charge in [0.1, 0.15) is 4.90 Å². The minimum atomic E-state index is -3.91. The molecule has 2 aliphatic rings. The Kier molecular flexibility index (Phi) is 6.17. The van der Waals surface area contributed by atoms with E-state index < -0.39 is 19.9 Å². The molecule has 3 aromatic carbocycles. The average molecular weight is 543 g/mol. The van der Waals surface area contributed by atoms with Crippen molar-refractivity contribution in [2.75, 3.05) is 16.3 Å². The van der Waals surface area contributed by atoms with E-state index in [0.717, 1.165) is 34.4 Å². The molecule has 0 bridgehead atoms. The number of fused-ring (bicyclic) bond motifs is 3. The first-order valence-electron chi connectivity index (χ1n) is 11.6. The Labute approximate surface area is 217 Å². The highest BCUT2D eigenvalue weighted by Gasteiger charge is 2.40. The Balaban J connectivity index is 1.51. The third-order valence-electron chi connectivity index (χ3n) is 7.15. The highest BCUT2D eigenvalue weighted by molar-refractivity contribution is 7.92. The summed E-state index contributed by atoms with van der Waals surface area (Å²) in [5.74, 6) is 0.0508. The predicted octanol–water partition coefficient (Wildman–Crippen LogP) is 5.99. The van der Waals surface area contributed by atoms with Crippen molar-refractivity contribution in [1.82, 2.24) is 0 Å². The summed E-state index contributed by atoms with van der Waals surface area (Å²) >= 11 is 6.81. The monoisotopic (exact) mass is 542 g/mol. The zero-order valence-corrected chi connectivity index (χ0v) is 22.5. The Morgan fingerprint density at radius 1 is 0.944 bits per heavy atom. The summed E-state index contributed by atoms with van der Waals surface area (Å²) in [4.78, 5) is 0.315. The second kappa shape index (κ2) is 8.94. The maximum Gasteiger partial charge on any atom is 0.263 e. The van der Waals surface area contributed by atoms with Crippen LogP contribution in [0.5, 0.6) is 0 Å². The van der Waals surface area contributed by atoms with E-state index in [1.165, 1.54) is 12.3 Å². The van der Waals surface area contributed by atoms with Crippen LogP contribution in [0.15, 0.2) is 76.5 Å². The number of hydrogen-bond acceptors (Lipinski definition) is 5. The van der Waals surface area contributed by atoms with E-state index in [2.05, 4.69) is 22.2 Å². The second-order valence-corrected chi connectivity index (χ2v) is 13.6. The van der Waals surface area contributed by atoms with Crippen LogP contribution >= 0.6 is 11.6 Å². The molecule has 1 aliphatic heterocycles. The van der Waals surface area contributed by atoms with Gasteiger partial charge in [-0.25, -0.2) is 16.8 Å². The van der Waals surface area contributed by atoms with Gasteiger partial charge in [-0.05, 0) is 79.3 Å². The third-order valence-corrected chi connectivity index (χ3v) is 10.2. The van der Waals surface area contributed by atoms with Gasteiger partial charge < -0.3 is 5.32 Å². The van der Waals surface area contributed by atoms with Crippen molar-refractivity contribution in [1.29, 1.82) is 0 Å². The molecule has 0 saturated carbocycles. The number of sulfonamides is 1. The first-order valence-corrected chi connectivity index (χ1v) is 15.4. The number of anilines is 2. The summed E-state index contributed by atoms with van der Waals surface area (Å²) in [6.07, 6.45) is 6.16. The molecule has 188 valence electrons. The lowest BCUT2D eigenvalue weighted by atomic mass is 9.77. The zero-order valence-electron chi connectivity index (χ0n) is 20.1. The highest BCUT2D eigenvalue weighted by atomic mass is 35.5. The first kappa shape index (κ1) is 24.9. The fraction of sp³-hybridized carbons (Fsp3) is 0.259. The lowest BCUT2D eigenvalue weighted by Crippen LogP contribution is -2.29. The Morgan fingerprint density at radius 2 is 1.67 bits per heavy atom. The number of hydrogen-bond donors (Lipinski definition) is 2. The third kappa shape index (κ3) is 4.42. The van der Waals surface area contributed by atoms with Gasteiger partial charge in [0.15, 0.2) is 9.84 Å². The summed E-state index contributed by atoms with van der Waals surface area (Å²) < 4.78 is 53.0. The molecule has 9 heteroatoms. The predicted molar refractivity (Wildman–Crippen MR) is 144 cm³/mol. The number of halogens is 1. The number of allylic oxidation sites excluding steroid dienone is 2. The SMILES string of the molecule is Cc1ccc(NS(=O)(=O)c2ccc3c(c2Cl)[C@H]2C=CC[C@H]2[C@H](c2ccc(S(C)(=O)=O)cc2)N3)cc1C. The standard InChI is InChI=1S/C27H27ClN2O4S2/c1-16-7-10-19(15-17(16)2)30-36(33,34)24-14-13-23-25(26(24)28)21-5-4-6-22(21)27(29-23)18-8-11-20(12-9-18)35(3,31)32/h4-5,7-15,21-22,27,29-30H,6H2,1-3H3/t21-,22+,27-/m0/s1. The van der Waals surface area contributed by atoms with Gasteiger partial charge in [0.25, 0.3) is 10.0 Å². The van der Waals surface area contributed by atoms with Crippen molar-refractivity contribution in [3.8, 4) is 0 Å². The maximum atomic E-state index is 13.3. The number of benzene rings is 3. The van der Waals surface area contributed by atoms with Gasteiger partial charge in [0, 0.05) is 29.1 Å². The molecule has 1 heterocycles. The Morgan fingerprint density at radius 3 is 2.33 bits per heavy atom. The molecule has 36 heavy (non-hydrogen) atoms. The molecule has 6 nitrogen and oxygen atoms in total. The minimum absolute atomic E-state index is 0.0398. The van der Waals surface area contributed by atoms with Crippen molar-refractivity contribution in [3.63, 3.8) is 0 Å². The van der Waals surface area contributed by atoms with E-state index in [0.29, 0.717) is 5.69 Å². The largest absolute Gasteiger partial charge is 0.378 e. The second-order valence-electron chi connectivity index (χ2n) is 9.56. The summed E-state index contributed by atoms with van der Waals surface area (Å²) in [5, 5.41) is 3.75. The summed E-state index contributed by atoms with van der Waals surface area (Å²) in [7, 11) is -7.19. The molecule has 0 saturated heterocycles. The summed E-state index contributed by atoms with van der Waals surface area (Å²) in [5.41, 5.74) is 5.07. The fourth-order valence-electron chi connectivity index (χ4n) is 5.10. The lowest BCUT2D eigenvalue weighted by molar-refractivity contribution is 0.425. The quantitative estimate of drug-likeness (QED) is 0.386. The molecule has 0 aromatic heterocycles.